The molecule has 1 aromatic heterocycles. The molecule has 0 radical (unpaired) electrons. The van der Waals surface area contributed by atoms with Gasteiger partial charge in [-0.2, -0.15) is 0 Å². The molecule has 17 heavy (non-hydrogen) atoms. The van der Waals surface area contributed by atoms with Crippen LogP contribution >= 0.6 is 11.3 Å². The zero-order valence-corrected chi connectivity index (χ0v) is 11.3. The molecule has 0 saturated heterocycles. The van der Waals surface area contributed by atoms with Gasteiger partial charge in [-0.05, 0) is 13.3 Å². The molecule has 0 bridgehead atoms. The van der Waals surface area contributed by atoms with Crippen molar-refractivity contribution < 1.29 is 13.2 Å². The molecular weight excluding hydrogens is 262 g/mol. The Hall–Kier alpha value is -0.990. The van der Waals surface area contributed by atoms with Crippen LogP contribution in [0.4, 0.5) is 5.13 Å². The molecule has 0 aliphatic rings. The van der Waals surface area contributed by atoms with E-state index in [1.807, 2.05) is 6.92 Å². The second kappa shape index (κ2) is 5.56. The predicted octanol–water partition coefficient (Wildman–Crippen LogP) is 0.152. The van der Waals surface area contributed by atoms with E-state index in [1.165, 1.54) is 11.3 Å². The number of nitrogens with one attached hydrogen (secondary N) is 1. The fourth-order valence-corrected chi connectivity index (χ4v) is 2.45. The van der Waals surface area contributed by atoms with Crippen molar-refractivity contribution in [2.75, 3.05) is 17.3 Å². The van der Waals surface area contributed by atoms with Crippen molar-refractivity contribution in [2.45, 2.75) is 19.4 Å². The number of hydrogen-bond acceptors (Lipinski definition) is 6. The Morgan fingerprint density at radius 3 is 2.76 bits per heavy atom. The Kier molecular flexibility index (Phi) is 4.61. The van der Waals surface area contributed by atoms with Crippen LogP contribution < -0.4 is 11.1 Å². The van der Waals surface area contributed by atoms with E-state index < -0.39 is 21.8 Å². The zero-order valence-electron chi connectivity index (χ0n) is 9.63. The number of amides is 1. The van der Waals surface area contributed by atoms with Gasteiger partial charge in [-0.3, -0.25) is 4.79 Å². The number of carbonyl (C=O) groups excluding carboxylic acids is 1. The van der Waals surface area contributed by atoms with E-state index in [2.05, 4.69) is 10.3 Å². The van der Waals surface area contributed by atoms with Crippen LogP contribution in [0.3, 0.4) is 0 Å². The highest BCUT2D eigenvalue weighted by molar-refractivity contribution is 7.90. The van der Waals surface area contributed by atoms with Crippen LogP contribution in [-0.4, -0.2) is 37.4 Å². The van der Waals surface area contributed by atoms with Crippen molar-refractivity contribution in [3.63, 3.8) is 0 Å². The van der Waals surface area contributed by atoms with E-state index in [4.69, 9.17) is 5.73 Å². The van der Waals surface area contributed by atoms with Gasteiger partial charge in [0.05, 0.1) is 17.5 Å². The van der Waals surface area contributed by atoms with Crippen molar-refractivity contribution in [2.24, 2.45) is 5.73 Å². The molecule has 1 heterocycles. The summed E-state index contributed by atoms with van der Waals surface area (Å²) >= 11 is 1.30. The minimum Gasteiger partial charge on any atom is -0.320 e. The lowest BCUT2D eigenvalue weighted by atomic mass is 10.2. The smallest absolute Gasteiger partial charge is 0.243 e. The van der Waals surface area contributed by atoms with Crippen LogP contribution in [0.15, 0.2) is 5.38 Å². The molecule has 0 aromatic carbocycles. The van der Waals surface area contributed by atoms with Gasteiger partial charge in [0.2, 0.25) is 5.91 Å². The van der Waals surface area contributed by atoms with Gasteiger partial charge in [-0.25, -0.2) is 13.4 Å². The number of sulfone groups is 1. The Morgan fingerprint density at radius 2 is 2.29 bits per heavy atom. The molecule has 1 rings (SSSR count). The number of nitrogens with zero attached hydrogens (tertiary/aromatic N) is 1. The summed E-state index contributed by atoms with van der Waals surface area (Å²) in [5.41, 5.74) is 6.39. The molecule has 1 unspecified atom stereocenters. The maximum absolute atomic E-state index is 11.6. The minimum absolute atomic E-state index is 0.0987. The molecular formula is C9H15N3O3S2. The van der Waals surface area contributed by atoms with Crippen LogP contribution in [0, 0.1) is 6.92 Å². The molecule has 0 saturated carbocycles. The number of carbonyl (C=O) groups is 1. The average molecular weight is 277 g/mol. The van der Waals surface area contributed by atoms with Crippen molar-refractivity contribution in [3.05, 3.63) is 11.1 Å². The van der Waals surface area contributed by atoms with E-state index in [0.29, 0.717) is 5.13 Å². The summed E-state index contributed by atoms with van der Waals surface area (Å²) in [4.78, 5) is 15.6. The monoisotopic (exact) mass is 277 g/mol. The fraction of sp³-hybridized carbons (Fsp3) is 0.556. The van der Waals surface area contributed by atoms with Crippen LogP contribution in [0.1, 0.15) is 12.1 Å². The molecule has 1 atom stereocenters. The zero-order chi connectivity index (χ0) is 13.1. The van der Waals surface area contributed by atoms with Gasteiger partial charge < -0.3 is 11.1 Å². The molecule has 1 amide bonds. The van der Waals surface area contributed by atoms with E-state index in [-0.39, 0.29) is 12.2 Å². The third-order valence-corrected chi connectivity index (χ3v) is 3.84. The standard InChI is InChI=1S/C9H15N3O3S2/c1-6-5-16-9(11-6)12-8(13)7(10)3-4-17(2,14)15/h5,7H,3-4,10H2,1-2H3,(H,11,12,13). The first-order valence-electron chi connectivity index (χ1n) is 4.94. The largest absolute Gasteiger partial charge is 0.320 e. The van der Waals surface area contributed by atoms with E-state index in [1.54, 1.807) is 5.38 Å². The summed E-state index contributed by atoms with van der Waals surface area (Å²) < 4.78 is 21.8. The molecule has 96 valence electrons. The van der Waals surface area contributed by atoms with Crippen molar-refractivity contribution in [1.29, 1.82) is 0 Å². The first-order valence-corrected chi connectivity index (χ1v) is 7.88. The second-order valence-electron chi connectivity index (χ2n) is 3.81. The van der Waals surface area contributed by atoms with Crippen molar-refractivity contribution >= 4 is 32.2 Å². The normalized spacial score (nSPS) is 13.4. The van der Waals surface area contributed by atoms with Crippen molar-refractivity contribution in [1.82, 2.24) is 4.98 Å². The summed E-state index contributed by atoms with van der Waals surface area (Å²) in [5, 5.41) is 4.82. The fourth-order valence-electron chi connectivity index (χ4n) is 1.08. The van der Waals surface area contributed by atoms with Crippen LogP contribution in [0.25, 0.3) is 0 Å². The Labute approximate surface area is 104 Å². The number of hydrogen-bond donors (Lipinski definition) is 2. The summed E-state index contributed by atoms with van der Waals surface area (Å²) in [7, 11) is -3.09. The lowest BCUT2D eigenvalue weighted by molar-refractivity contribution is -0.117. The van der Waals surface area contributed by atoms with E-state index in [0.717, 1.165) is 11.9 Å². The molecule has 6 nitrogen and oxygen atoms in total. The lowest BCUT2D eigenvalue weighted by Crippen LogP contribution is -2.37. The molecule has 0 spiro atoms. The Bertz CT molecular complexity index is 495. The summed E-state index contributed by atoms with van der Waals surface area (Å²) in [6.45, 7) is 1.82. The van der Waals surface area contributed by atoms with E-state index in [9.17, 15) is 13.2 Å². The van der Waals surface area contributed by atoms with Gasteiger partial charge in [0.1, 0.15) is 9.84 Å². The SMILES string of the molecule is Cc1csc(NC(=O)C(N)CCS(C)(=O)=O)n1. The maximum Gasteiger partial charge on any atom is 0.243 e. The molecule has 0 fully saturated rings. The quantitative estimate of drug-likeness (QED) is 0.797. The maximum atomic E-state index is 11.6. The first kappa shape index (κ1) is 14.1. The highest BCUT2D eigenvalue weighted by Gasteiger charge is 2.16. The van der Waals surface area contributed by atoms with Gasteiger partial charge in [0.15, 0.2) is 5.13 Å². The van der Waals surface area contributed by atoms with Gasteiger partial charge in [-0.1, -0.05) is 0 Å². The highest BCUT2D eigenvalue weighted by atomic mass is 32.2. The number of thiazole rings is 1. The molecule has 8 heteroatoms. The molecule has 1 aromatic rings. The predicted molar refractivity (Wildman–Crippen MR) is 67.8 cm³/mol. The highest BCUT2D eigenvalue weighted by Crippen LogP contribution is 2.14. The Morgan fingerprint density at radius 1 is 1.65 bits per heavy atom. The third-order valence-electron chi connectivity index (χ3n) is 1.99. The van der Waals surface area contributed by atoms with E-state index >= 15 is 0 Å². The Balaban J connectivity index is 2.47. The van der Waals surface area contributed by atoms with Crippen LogP contribution in [0.2, 0.25) is 0 Å². The number of anilines is 1. The molecule has 3 N–H and O–H groups in total. The molecule has 0 aliphatic carbocycles. The molecule has 0 aliphatic heterocycles. The number of rotatable bonds is 5. The van der Waals surface area contributed by atoms with Gasteiger partial charge in [0, 0.05) is 11.6 Å². The second-order valence-corrected chi connectivity index (χ2v) is 6.93. The van der Waals surface area contributed by atoms with Gasteiger partial charge in [0.25, 0.3) is 0 Å². The number of nitrogens with two attached hydrogens (primary N) is 1. The summed E-state index contributed by atoms with van der Waals surface area (Å²) in [6.07, 6.45) is 1.22. The third kappa shape index (κ3) is 5.24. The van der Waals surface area contributed by atoms with Gasteiger partial charge >= 0.3 is 0 Å². The topological polar surface area (TPSA) is 102 Å². The minimum atomic E-state index is -3.09. The number of aryl methyl sites for hydroxylation is 1. The van der Waals surface area contributed by atoms with Crippen LogP contribution in [-0.2, 0) is 14.6 Å². The van der Waals surface area contributed by atoms with Crippen LogP contribution in [0.5, 0.6) is 0 Å². The van der Waals surface area contributed by atoms with Gasteiger partial charge in [-0.15, -0.1) is 11.3 Å². The average Bonchev–Trinajstić information content (AvgIpc) is 2.59. The van der Waals surface area contributed by atoms with Crippen molar-refractivity contribution in [3.8, 4) is 0 Å². The lowest BCUT2D eigenvalue weighted by Gasteiger charge is -2.09. The number of aromatic nitrogens is 1. The summed E-state index contributed by atoms with van der Waals surface area (Å²) in [6, 6.07) is -0.839. The summed E-state index contributed by atoms with van der Waals surface area (Å²) in [5.74, 6) is -0.513. The first-order chi connectivity index (χ1) is 7.78.